The Labute approximate surface area is 121 Å². The first kappa shape index (κ1) is 14.9. The fourth-order valence-corrected chi connectivity index (χ4v) is 2.84. The van der Waals surface area contributed by atoms with Crippen molar-refractivity contribution in [3.05, 3.63) is 29.8 Å². The quantitative estimate of drug-likeness (QED) is 0.864. The third-order valence-corrected chi connectivity index (χ3v) is 4.01. The van der Waals surface area contributed by atoms with Crippen molar-refractivity contribution < 1.29 is 4.79 Å². The Balaban J connectivity index is 2.00. The first-order valence-corrected chi connectivity index (χ1v) is 7.54. The number of hydrogen-bond acceptors (Lipinski definition) is 3. The Kier molecular flexibility index (Phi) is 5.41. The number of primary amides is 1. The van der Waals surface area contributed by atoms with Gasteiger partial charge in [-0.15, -0.1) is 0 Å². The molecule has 1 amide bonds. The number of carbonyl (C=O) groups is 1. The van der Waals surface area contributed by atoms with Gasteiger partial charge in [0.1, 0.15) is 0 Å². The third kappa shape index (κ3) is 4.23. The van der Waals surface area contributed by atoms with Gasteiger partial charge in [0.2, 0.25) is 5.91 Å². The highest BCUT2D eigenvalue weighted by Crippen LogP contribution is 2.20. The monoisotopic (exact) mass is 275 g/mol. The highest BCUT2D eigenvalue weighted by Gasteiger charge is 2.16. The van der Waals surface area contributed by atoms with Crippen LogP contribution in [-0.2, 0) is 11.2 Å². The third-order valence-electron chi connectivity index (χ3n) is 4.01. The number of para-hydroxylation sites is 1. The van der Waals surface area contributed by atoms with Crippen LogP contribution in [0.2, 0.25) is 0 Å². The molecule has 110 valence electrons. The molecule has 1 aromatic rings. The van der Waals surface area contributed by atoms with Gasteiger partial charge in [0, 0.05) is 18.3 Å². The molecule has 3 N–H and O–H groups in total. The van der Waals surface area contributed by atoms with Crippen molar-refractivity contribution in [2.24, 2.45) is 5.73 Å². The van der Waals surface area contributed by atoms with Gasteiger partial charge in [0.05, 0.1) is 6.42 Å². The molecule has 0 aromatic heterocycles. The van der Waals surface area contributed by atoms with Crippen molar-refractivity contribution in [2.75, 3.05) is 25.0 Å². The van der Waals surface area contributed by atoms with Crippen LogP contribution in [0.4, 0.5) is 5.69 Å². The van der Waals surface area contributed by atoms with Gasteiger partial charge in [-0.3, -0.25) is 4.79 Å². The molecule has 0 aliphatic carbocycles. The molecular formula is C16H25N3O. The van der Waals surface area contributed by atoms with Crippen LogP contribution in [-0.4, -0.2) is 36.5 Å². The molecule has 2 rings (SSSR count). The maximum absolute atomic E-state index is 11.1. The molecule has 1 saturated heterocycles. The molecule has 4 heteroatoms. The van der Waals surface area contributed by atoms with Crippen LogP contribution in [0.25, 0.3) is 0 Å². The zero-order valence-electron chi connectivity index (χ0n) is 12.3. The van der Waals surface area contributed by atoms with E-state index in [9.17, 15) is 4.79 Å². The fourth-order valence-electron chi connectivity index (χ4n) is 2.84. The van der Waals surface area contributed by atoms with Crippen molar-refractivity contribution in [1.29, 1.82) is 0 Å². The fraction of sp³-hybridized carbons (Fsp3) is 0.562. The van der Waals surface area contributed by atoms with Gasteiger partial charge in [-0.1, -0.05) is 25.1 Å². The summed E-state index contributed by atoms with van der Waals surface area (Å²) in [5, 5.41) is 3.61. The highest BCUT2D eigenvalue weighted by atomic mass is 16.1. The number of amides is 1. The van der Waals surface area contributed by atoms with Crippen LogP contribution in [0, 0.1) is 0 Å². The Bertz CT molecular complexity index is 447. The number of nitrogens with one attached hydrogen (secondary N) is 1. The van der Waals surface area contributed by atoms with E-state index in [4.69, 9.17) is 5.73 Å². The van der Waals surface area contributed by atoms with Crippen molar-refractivity contribution in [2.45, 2.75) is 38.6 Å². The number of nitrogens with two attached hydrogens (primary N) is 1. The lowest BCUT2D eigenvalue weighted by atomic mass is 10.1. The van der Waals surface area contributed by atoms with Crippen molar-refractivity contribution in [3.63, 3.8) is 0 Å². The van der Waals surface area contributed by atoms with Crippen LogP contribution in [0.15, 0.2) is 24.3 Å². The molecule has 1 fully saturated rings. The molecule has 1 aromatic carbocycles. The molecular weight excluding hydrogens is 250 g/mol. The Hall–Kier alpha value is -1.55. The Morgan fingerprint density at radius 2 is 2.15 bits per heavy atom. The van der Waals surface area contributed by atoms with Gasteiger partial charge < -0.3 is 16.0 Å². The van der Waals surface area contributed by atoms with Gasteiger partial charge in [-0.2, -0.15) is 0 Å². The molecule has 1 aliphatic heterocycles. The van der Waals surface area contributed by atoms with E-state index in [1.807, 2.05) is 24.3 Å². The molecule has 0 radical (unpaired) electrons. The lowest BCUT2D eigenvalue weighted by Gasteiger charge is -2.20. The summed E-state index contributed by atoms with van der Waals surface area (Å²) in [6.07, 6.45) is 3.86. The summed E-state index contributed by atoms with van der Waals surface area (Å²) < 4.78 is 0. The number of nitrogens with zero attached hydrogens (tertiary/aromatic N) is 1. The molecule has 20 heavy (non-hydrogen) atoms. The molecule has 1 unspecified atom stereocenters. The van der Waals surface area contributed by atoms with Crippen molar-refractivity contribution in [3.8, 4) is 0 Å². The number of likely N-dealkylation sites (tertiary alicyclic amines) is 1. The Morgan fingerprint density at radius 1 is 1.35 bits per heavy atom. The van der Waals surface area contributed by atoms with Crippen LogP contribution in [0.3, 0.4) is 0 Å². The second-order valence-electron chi connectivity index (χ2n) is 5.51. The van der Waals surface area contributed by atoms with E-state index in [1.54, 1.807) is 0 Å². The first-order chi connectivity index (χ1) is 9.69. The summed E-state index contributed by atoms with van der Waals surface area (Å²) >= 11 is 0. The first-order valence-electron chi connectivity index (χ1n) is 7.54. The second-order valence-corrected chi connectivity index (χ2v) is 5.51. The lowest BCUT2D eigenvalue weighted by Crippen LogP contribution is -2.26. The predicted molar refractivity (Wildman–Crippen MR) is 82.7 cm³/mol. The largest absolute Gasteiger partial charge is 0.382 e. The standard InChI is InChI=1S/C16H25N3O/c1-2-19-10-5-7-14(9-11-19)18-15-8-4-3-6-13(15)12-16(17)20/h3-4,6,8,14,18H,2,5,7,9-12H2,1H3,(H2,17,20). The van der Waals surface area contributed by atoms with Gasteiger partial charge in [0.25, 0.3) is 0 Å². The molecule has 1 atom stereocenters. The van der Waals surface area contributed by atoms with E-state index in [0.717, 1.165) is 30.8 Å². The van der Waals surface area contributed by atoms with Crippen LogP contribution < -0.4 is 11.1 Å². The topological polar surface area (TPSA) is 58.4 Å². The second kappa shape index (κ2) is 7.29. The summed E-state index contributed by atoms with van der Waals surface area (Å²) in [5.41, 5.74) is 7.37. The summed E-state index contributed by atoms with van der Waals surface area (Å²) in [7, 11) is 0. The zero-order chi connectivity index (χ0) is 14.4. The summed E-state index contributed by atoms with van der Waals surface area (Å²) in [6, 6.07) is 8.46. The summed E-state index contributed by atoms with van der Waals surface area (Å²) in [4.78, 5) is 13.6. The summed E-state index contributed by atoms with van der Waals surface area (Å²) in [6.45, 7) is 5.69. The number of hydrogen-bond donors (Lipinski definition) is 2. The SMILES string of the molecule is CCN1CCCC(Nc2ccccc2CC(N)=O)CC1. The minimum atomic E-state index is -0.280. The van der Waals surface area contributed by atoms with Gasteiger partial charge in [-0.25, -0.2) is 0 Å². The van der Waals surface area contributed by atoms with Crippen molar-refractivity contribution >= 4 is 11.6 Å². The van der Waals surface area contributed by atoms with Gasteiger partial charge in [-0.05, 0) is 44.0 Å². The van der Waals surface area contributed by atoms with E-state index in [-0.39, 0.29) is 5.91 Å². The van der Waals surface area contributed by atoms with E-state index in [0.29, 0.717) is 12.5 Å². The molecule has 1 aliphatic rings. The minimum absolute atomic E-state index is 0.280. The average Bonchev–Trinajstić information content (AvgIpc) is 2.65. The smallest absolute Gasteiger partial charge is 0.221 e. The predicted octanol–water partition coefficient (Wildman–Crippen LogP) is 2.00. The van der Waals surface area contributed by atoms with Gasteiger partial charge >= 0.3 is 0 Å². The van der Waals surface area contributed by atoms with E-state index < -0.39 is 0 Å². The number of benzene rings is 1. The van der Waals surface area contributed by atoms with Crippen LogP contribution >= 0.6 is 0 Å². The maximum atomic E-state index is 11.1. The normalized spacial score (nSPS) is 20.4. The van der Waals surface area contributed by atoms with E-state index in [1.165, 1.54) is 19.4 Å². The Morgan fingerprint density at radius 3 is 2.90 bits per heavy atom. The molecule has 0 saturated carbocycles. The number of rotatable bonds is 5. The van der Waals surface area contributed by atoms with Gasteiger partial charge in [0.15, 0.2) is 0 Å². The van der Waals surface area contributed by atoms with Crippen LogP contribution in [0.5, 0.6) is 0 Å². The number of anilines is 1. The lowest BCUT2D eigenvalue weighted by molar-refractivity contribution is -0.117. The number of carbonyl (C=O) groups excluding carboxylic acids is 1. The molecule has 0 bridgehead atoms. The molecule has 4 nitrogen and oxygen atoms in total. The molecule has 1 heterocycles. The minimum Gasteiger partial charge on any atom is -0.382 e. The van der Waals surface area contributed by atoms with E-state index >= 15 is 0 Å². The van der Waals surface area contributed by atoms with E-state index in [2.05, 4.69) is 17.1 Å². The maximum Gasteiger partial charge on any atom is 0.221 e. The van der Waals surface area contributed by atoms with Crippen LogP contribution in [0.1, 0.15) is 31.7 Å². The highest BCUT2D eigenvalue weighted by molar-refractivity contribution is 5.78. The van der Waals surface area contributed by atoms with Crippen molar-refractivity contribution in [1.82, 2.24) is 4.90 Å². The zero-order valence-corrected chi connectivity index (χ0v) is 12.3. The average molecular weight is 275 g/mol. The summed E-state index contributed by atoms with van der Waals surface area (Å²) in [5.74, 6) is -0.280. The molecule has 0 spiro atoms.